The predicted octanol–water partition coefficient (Wildman–Crippen LogP) is 2.15. The van der Waals surface area contributed by atoms with E-state index in [9.17, 15) is 0 Å². The number of benzene rings is 1. The lowest BCUT2D eigenvalue weighted by Crippen LogP contribution is -2.38. The van der Waals surface area contributed by atoms with E-state index in [1.165, 1.54) is 16.7 Å². The first kappa shape index (κ1) is 13.5. The van der Waals surface area contributed by atoms with E-state index >= 15 is 0 Å². The summed E-state index contributed by atoms with van der Waals surface area (Å²) in [5.74, 6) is 0. The molecular weight excluding hydrogens is 226 g/mol. The second-order valence-electron chi connectivity index (χ2n) is 4.94. The minimum atomic E-state index is 0.719. The van der Waals surface area contributed by atoms with Gasteiger partial charge in [0, 0.05) is 19.6 Å². The lowest BCUT2D eigenvalue weighted by atomic mass is 10.1. The first-order valence-electron chi connectivity index (χ1n) is 6.69. The molecule has 18 heavy (non-hydrogen) atoms. The zero-order chi connectivity index (χ0) is 12.8. The second kappa shape index (κ2) is 6.88. The van der Waals surface area contributed by atoms with Gasteiger partial charge in [0.05, 0.1) is 26.4 Å². The molecule has 1 aliphatic heterocycles. The predicted molar refractivity (Wildman–Crippen MR) is 72.8 cm³/mol. The topological polar surface area (TPSA) is 21.7 Å². The maximum atomic E-state index is 5.76. The molecule has 1 aromatic carbocycles. The quantitative estimate of drug-likeness (QED) is 0.746. The summed E-state index contributed by atoms with van der Waals surface area (Å²) in [6.07, 6.45) is 0. The average Bonchev–Trinajstić information content (AvgIpc) is 2.38. The number of nitrogens with zero attached hydrogens (tertiary/aromatic N) is 1. The van der Waals surface area contributed by atoms with Crippen LogP contribution < -0.4 is 0 Å². The zero-order valence-corrected chi connectivity index (χ0v) is 11.4. The van der Waals surface area contributed by atoms with E-state index in [2.05, 4.69) is 36.9 Å². The van der Waals surface area contributed by atoms with Gasteiger partial charge in [0.1, 0.15) is 0 Å². The summed E-state index contributed by atoms with van der Waals surface area (Å²) in [6, 6.07) is 6.52. The lowest BCUT2D eigenvalue weighted by Gasteiger charge is -2.26. The van der Waals surface area contributed by atoms with Gasteiger partial charge in [-0.3, -0.25) is 4.90 Å². The van der Waals surface area contributed by atoms with Crippen LogP contribution in [0, 0.1) is 13.8 Å². The Labute approximate surface area is 110 Å². The first-order chi connectivity index (χ1) is 8.75. The molecule has 0 aliphatic carbocycles. The molecule has 1 aromatic rings. The van der Waals surface area contributed by atoms with Gasteiger partial charge < -0.3 is 9.47 Å². The third-order valence-electron chi connectivity index (χ3n) is 3.41. The third-order valence-corrected chi connectivity index (χ3v) is 3.41. The average molecular weight is 249 g/mol. The summed E-state index contributed by atoms with van der Waals surface area (Å²) in [5.41, 5.74) is 3.92. The Hall–Kier alpha value is -0.900. The molecule has 0 atom stereocenters. The zero-order valence-electron chi connectivity index (χ0n) is 11.4. The normalized spacial score (nSPS) is 17.0. The van der Waals surface area contributed by atoms with E-state index in [0.717, 1.165) is 46.1 Å². The fourth-order valence-electron chi connectivity index (χ4n) is 2.21. The van der Waals surface area contributed by atoms with Crippen molar-refractivity contribution in [3.05, 3.63) is 34.9 Å². The molecule has 0 saturated carbocycles. The van der Waals surface area contributed by atoms with Gasteiger partial charge in [0.15, 0.2) is 0 Å². The van der Waals surface area contributed by atoms with Crippen LogP contribution in [0.3, 0.4) is 0 Å². The fourth-order valence-corrected chi connectivity index (χ4v) is 2.21. The molecule has 0 bridgehead atoms. The number of rotatable bonds is 5. The molecule has 0 amide bonds. The summed E-state index contributed by atoms with van der Waals surface area (Å²) in [5, 5.41) is 0. The number of hydrogen-bond acceptors (Lipinski definition) is 3. The standard InChI is InChI=1S/C15H23NO2/c1-13-3-4-15(14(2)11-13)12-18-10-7-16-5-8-17-9-6-16/h3-4,11H,5-10,12H2,1-2H3. The van der Waals surface area contributed by atoms with Gasteiger partial charge in [0.25, 0.3) is 0 Å². The Morgan fingerprint density at radius 1 is 1.22 bits per heavy atom. The van der Waals surface area contributed by atoms with Gasteiger partial charge in [0.2, 0.25) is 0 Å². The highest BCUT2D eigenvalue weighted by molar-refractivity contribution is 5.29. The van der Waals surface area contributed by atoms with Gasteiger partial charge in [-0.15, -0.1) is 0 Å². The Balaban J connectivity index is 1.68. The van der Waals surface area contributed by atoms with Gasteiger partial charge in [-0.05, 0) is 25.0 Å². The van der Waals surface area contributed by atoms with Crippen molar-refractivity contribution in [2.45, 2.75) is 20.5 Å². The Bertz CT molecular complexity index is 373. The van der Waals surface area contributed by atoms with Crippen molar-refractivity contribution < 1.29 is 9.47 Å². The van der Waals surface area contributed by atoms with Crippen molar-refractivity contribution in [2.24, 2.45) is 0 Å². The number of ether oxygens (including phenoxy) is 2. The molecular formula is C15H23NO2. The Morgan fingerprint density at radius 3 is 2.72 bits per heavy atom. The molecule has 1 saturated heterocycles. The molecule has 0 spiro atoms. The van der Waals surface area contributed by atoms with Gasteiger partial charge in [-0.1, -0.05) is 23.8 Å². The highest BCUT2D eigenvalue weighted by Crippen LogP contribution is 2.11. The van der Waals surface area contributed by atoms with Crippen LogP contribution in [0.4, 0.5) is 0 Å². The van der Waals surface area contributed by atoms with E-state index < -0.39 is 0 Å². The van der Waals surface area contributed by atoms with Crippen molar-refractivity contribution >= 4 is 0 Å². The largest absolute Gasteiger partial charge is 0.379 e. The molecule has 3 heteroatoms. The van der Waals surface area contributed by atoms with Crippen molar-refractivity contribution in [3.8, 4) is 0 Å². The molecule has 1 aliphatic rings. The van der Waals surface area contributed by atoms with Gasteiger partial charge in [-0.2, -0.15) is 0 Å². The van der Waals surface area contributed by atoms with Crippen LogP contribution in [-0.4, -0.2) is 44.4 Å². The van der Waals surface area contributed by atoms with Crippen molar-refractivity contribution in [1.82, 2.24) is 4.90 Å². The van der Waals surface area contributed by atoms with Crippen LogP contribution in [0.2, 0.25) is 0 Å². The number of aryl methyl sites for hydroxylation is 2. The van der Waals surface area contributed by atoms with Crippen molar-refractivity contribution in [2.75, 3.05) is 39.5 Å². The Morgan fingerprint density at radius 2 is 2.00 bits per heavy atom. The molecule has 0 aromatic heterocycles. The minimum absolute atomic E-state index is 0.719. The molecule has 3 nitrogen and oxygen atoms in total. The van der Waals surface area contributed by atoms with E-state index in [0.29, 0.717) is 0 Å². The van der Waals surface area contributed by atoms with Crippen LogP contribution in [-0.2, 0) is 16.1 Å². The molecule has 0 radical (unpaired) electrons. The number of morpholine rings is 1. The fraction of sp³-hybridized carbons (Fsp3) is 0.600. The molecule has 1 heterocycles. The van der Waals surface area contributed by atoms with Crippen LogP contribution >= 0.6 is 0 Å². The van der Waals surface area contributed by atoms with Crippen LogP contribution in [0.15, 0.2) is 18.2 Å². The smallest absolute Gasteiger partial charge is 0.0720 e. The van der Waals surface area contributed by atoms with Gasteiger partial charge in [-0.25, -0.2) is 0 Å². The maximum absolute atomic E-state index is 5.76. The third kappa shape index (κ3) is 4.09. The maximum Gasteiger partial charge on any atom is 0.0720 e. The lowest BCUT2D eigenvalue weighted by molar-refractivity contribution is 0.0180. The molecule has 100 valence electrons. The first-order valence-corrected chi connectivity index (χ1v) is 6.69. The van der Waals surface area contributed by atoms with Crippen LogP contribution in [0.25, 0.3) is 0 Å². The van der Waals surface area contributed by atoms with Gasteiger partial charge >= 0.3 is 0 Å². The van der Waals surface area contributed by atoms with E-state index in [4.69, 9.17) is 9.47 Å². The van der Waals surface area contributed by atoms with E-state index in [-0.39, 0.29) is 0 Å². The summed E-state index contributed by atoms with van der Waals surface area (Å²) >= 11 is 0. The van der Waals surface area contributed by atoms with E-state index in [1.54, 1.807) is 0 Å². The van der Waals surface area contributed by atoms with Crippen LogP contribution in [0.5, 0.6) is 0 Å². The number of hydrogen-bond donors (Lipinski definition) is 0. The molecule has 1 fully saturated rings. The Kier molecular flexibility index (Phi) is 5.17. The van der Waals surface area contributed by atoms with Crippen LogP contribution in [0.1, 0.15) is 16.7 Å². The summed E-state index contributed by atoms with van der Waals surface area (Å²) in [7, 11) is 0. The van der Waals surface area contributed by atoms with Crippen molar-refractivity contribution in [1.29, 1.82) is 0 Å². The summed E-state index contributed by atoms with van der Waals surface area (Å²) in [6.45, 7) is 10.6. The highest BCUT2D eigenvalue weighted by atomic mass is 16.5. The van der Waals surface area contributed by atoms with Crippen molar-refractivity contribution in [3.63, 3.8) is 0 Å². The molecule has 2 rings (SSSR count). The molecule has 0 N–H and O–H groups in total. The summed E-state index contributed by atoms with van der Waals surface area (Å²) in [4.78, 5) is 2.39. The molecule has 0 unspecified atom stereocenters. The minimum Gasteiger partial charge on any atom is -0.379 e. The highest BCUT2D eigenvalue weighted by Gasteiger charge is 2.09. The SMILES string of the molecule is Cc1ccc(COCCN2CCOCC2)c(C)c1. The second-order valence-corrected chi connectivity index (χ2v) is 4.94. The monoisotopic (exact) mass is 249 g/mol. The summed E-state index contributed by atoms with van der Waals surface area (Å²) < 4.78 is 11.1. The van der Waals surface area contributed by atoms with E-state index in [1.807, 2.05) is 0 Å².